The minimum Gasteiger partial charge on any atom is -0.496 e. The van der Waals surface area contributed by atoms with Gasteiger partial charge in [-0.1, -0.05) is 38.6 Å². The summed E-state index contributed by atoms with van der Waals surface area (Å²) < 4.78 is 5.90. The van der Waals surface area contributed by atoms with Crippen LogP contribution in [-0.4, -0.2) is 66.9 Å². The highest BCUT2D eigenvalue weighted by Gasteiger charge is 2.27. The van der Waals surface area contributed by atoms with Crippen molar-refractivity contribution in [3.05, 3.63) is 83.8 Å². The van der Waals surface area contributed by atoms with Gasteiger partial charge in [-0.2, -0.15) is 0 Å². The van der Waals surface area contributed by atoms with E-state index in [1.54, 1.807) is 31.3 Å². The van der Waals surface area contributed by atoms with Crippen LogP contribution in [0.3, 0.4) is 0 Å². The Kier molecular flexibility index (Phi) is 11.1. The number of ketones is 1. The monoisotopic (exact) mass is 545 g/mol. The van der Waals surface area contributed by atoms with E-state index in [1.807, 2.05) is 61.0 Å². The maximum absolute atomic E-state index is 13.4. The molecule has 0 radical (unpaired) electrons. The summed E-state index contributed by atoms with van der Waals surface area (Å²) in [5.74, 6) is 1.25. The molecule has 8 nitrogen and oxygen atoms in total. The number of amides is 1. The number of aromatic nitrogens is 1. The molecule has 2 heterocycles. The van der Waals surface area contributed by atoms with Crippen molar-refractivity contribution >= 4 is 28.9 Å². The number of allylic oxidation sites excluding steroid dienone is 2. The third-order valence-corrected chi connectivity index (χ3v) is 6.76. The first-order valence-electron chi connectivity index (χ1n) is 13.9. The second-order valence-electron chi connectivity index (χ2n) is 10.3. The fourth-order valence-corrected chi connectivity index (χ4v) is 4.89. The lowest BCUT2D eigenvalue weighted by molar-refractivity contribution is -0.125. The first kappa shape index (κ1) is 30.6. The predicted octanol–water partition coefficient (Wildman–Crippen LogP) is 5.40. The van der Waals surface area contributed by atoms with Gasteiger partial charge in [0.25, 0.3) is 5.91 Å². The van der Waals surface area contributed by atoms with E-state index in [4.69, 9.17) is 4.74 Å². The van der Waals surface area contributed by atoms with Gasteiger partial charge in [0.05, 0.1) is 18.8 Å². The molecule has 2 aromatic rings. The SMILES string of the molecule is C=C/C=C(\C=C(/CNc1cc(N(C)c2ccccc2C(C)=O)c(C)cn1)OCC)C(=O)N1CCC(NC(C)C)C1. The van der Waals surface area contributed by atoms with E-state index in [-0.39, 0.29) is 11.7 Å². The Bertz CT molecular complexity index is 1270. The number of ether oxygens (including phenoxy) is 1. The number of nitrogens with zero attached hydrogens (tertiary/aromatic N) is 3. The maximum Gasteiger partial charge on any atom is 0.254 e. The zero-order valence-corrected chi connectivity index (χ0v) is 24.7. The number of nitrogens with one attached hydrogen (secondary N) is 2. The lowest BCUT2D eigenvalue weighted by Gasteiger charge is -2.24. The van der Waals surface area contributed by atoms with Crippen molar-refractivity contribution < 1.29 is 14.3 Å². The number of Topliss-reactive ketones (excluding diaryl/α,β-unsaturated/α-hetero) is 1. The Hall–Kier alpha value is -3.91. The average molecular weight is 546 g/mol. The molecule has 1 aliphatic heterocycles. The van der Waals surface area contributed by atoms with Crippen molar-refractivity contribution in [2.24, 2.45) is 0 Å². The van der Waals surface area contributed by atoms with Gasteiger partial charge in [-0.25, -0.2) is 4.98 Å². The summed E-state index contributed by atoms with van der Waals surface area (Å²) in [4.78, 5) is 34.0. The van der Waals surface area contributed by atoms with Crippen LogP contribution in [0.15, 0.2) is 72.7 Å². The quantitative estimate of drug-likeness (QED) is 0.151. The fraction of sp³-hybridized carbons (Fsp3) is 0.406. The Balaban J connectivity index is 1.78. The van der Waals surface area contributed by atoms with Crippen molar-refractivity contribution in [1.82, 2.24) is 15.2 Å². The molecule has 1 aromatic heterocycles. The molecule has 1 saturated heterocycles. The van der Waals surface area contributed by atoms with E-state index in [0.29, 0.717) is 61.0 Å². The number of benzene rings is 1. The molecule has 1 unspecified atom stereocenters. The largest absolute Gasteiger partial charge is 0.496 e. The highest BCUT2D eigenvalue weighted by atomic mass is 16.5. The summed E-state index contributed by atoms with van der Waals surface area (Å²) in [6, 6.07) is 10.2. The van der Waals surface area contributed by atoms with E-state index in [1.165, 1.54) is 0 Å². The molecule has 1 aliphatic rings. The van der Waals surface area contributed by atoms with Crippen LogP contribution in [0, 0.1) is 6.92 Å². The number of carbonyl (C=O) groups excluding carboxylic acids is 2. The molecule has 1 fully saturated rings. The Morgan fingerprint density at radius 1 is 1.27 bits per heavy atom. The Labute approximate surface area is 238 Å². The lowest BCUT2D eigenvalue weighted by atomic mass is 10.1. The van der Waals surface area contributed by atoms with Gasteiger partial charge in [-0.15, -0.1) is 0 Å². The average Bonchev–Trinajstić information content (AvgIpc) is 3.39. The highest BCUT2D eigenvalue weighted by molar-refractivity contribution is 6.00. The molecular weight excluding hydrogens is 502 g/mol. The standard InChI is InChI=1S/C32H43N5O3/c1-8-12-25(32(39)37-16-15-26(21-37)35-22(3)4)17-27(40-9-2)20-34-31-18-30(23(5)19-33-31)36(7)29-14-11-10-13-28(29)24(6)38/h8,10-14,17-19,22,26,35H,1,9,15-16,20-21H2,2-7H3,(H,33,34)/b25-12+,27-17+. The summed E-state index contributed by atoms with van der Waals surface area (Å²) >= 11 is 0. The number of likely N-dealkylation sites (tertiary alicyclic amines) is 1. The molecule has 0 aliphatic carbocycles. The van der Waals surface area contributed by atoms with Crippen LogP contribution in [0.25, 0.3) is 0 Å². The van der Waals surface area contributed by atoms with E-state index in [2.05, 4.69) is 36.0 Å². The van der Waals surface area contributed by atoms with Gasteiger partial charge >= 0.3 is 0 Å². The van der Waals surface area contributed by atoms with Crippen LogP contribution in [-0.2, 0) is 9.53 Å². The summed E-state index contributed by atoms with van der Waals surface area (Å²) in [6.45, 7) is 15.7. The van der Waals surface area contributed by atoms with Crippen LogP contribution in [0.2, 0.25) is 0 Å². The van der Waals surface area contributed by atoms with Crippen LogP contribution in [0.4, 0.5) is 17.2 Å². The van der Waals surface area contributed by atoms with Crippen LogP contribution < -0.4 is 15.5 Å². The topological polar surface area (TPSA) is 86.8 Å². The molecule has 3 rings (SSSR count). The molecule has 0 spiro atoms. The van der Waals surface area contributed by atoms with Crippen LogP contribution in [0.1, 0.15) is 50.0 Å². The van der Waals surface area contributed by atoms with Gasteiger partial charge in [-0.05, 0) is 57.0 Å². The first-order chi connectivity index (χ1) is 19.1. The highest BCUT2D eigenvalue weighted by Crippen LogP contribution is 2.31. The Morgan fingerprint density at radius 3 is 2.70 bits per heavy atom. The molecule has 1 atom stereocenters. The van der Waals surface area contributed by atoms with E-state index in [9.17, 15) is 9.59 Å². The third kappa shape index (κ3) is 8.05. The van der Waals surface area contributed by atoms with Crippen LogP contribution >= 0.6 is 0 Å². The Morgan fingerprint density at radius 2 is 2.02 bits per heavy atom. The van der Waals surface area contributed by atoms with Crippen molar-refractivity contribution in [2.45, 2.75) is 53.1 Å². The van der Waals surface area contributed by atoms with Gasteiger partial charge in [0, 0.05) is 61.3 Å². The number of anilines is 3. The minimum absolute atomic E-state index is 0.0116. The summed E-state index contributed by atoms with van der Waals surface area (Å²) in [5, 5.41) is 6.86. The van der Waals surface area contributed by atoms with Crippen molar-refractivity contribution in [2.75, 3.05) is 43.5 Å². The molecule has 8 heteroatoms. The van der Waals surface area contributed by atoms with Gasteiger partial charge in [-0.3, -0.25) is 9.59 Å². The fourth-order valence-electron chi connectivity index (χ4n) is 4.89. The first-order valence-corrected chi connectivity index (χ1v) is 13.9. The number of carbonyl (C=O) groups is 2. The van der Waals surface area contributed by atoms with E-state index in [0.717, 1.165) is 23.4 Å². The summed E-state index contributed by atoms with van der Waals surface area (Å²) in [7, 11) is 1.94. The number of rotatable bonds is 13. The zero-order valence-electron chi connectivity index (χ0n) is 24.7. The second kappa shape index (κ2) is 14.5. The number of pyridine rings is 1. The predicted molar refractivity (Wildman–Crippen MR) is 163 cm³/mol. The van der Waals surface area contributed by atoms with E-state index >= 15 is 0 Å². The molecule has 0 bridgehead atoms. The minimum atomic E-state index is -0.0355. The van der Waals surface area contributed by atoms with Gasteiger partial charge < -0.3 is 25.2 Å². The molecular formula is C32H43N5O3. The van der Waals surface area contributed by atoms with Gasteiger partial charge in [0.2, 0.25) is 0 Å². The third-order valence-electron chi connectivity index (χ3n) is 6.76. The molecule has 1 aromatic carbocycles. The second-order valence-corrected chi connectivity index (χ2v) is 10.3. The normalized spacial score (nSPS) is 15.8. The number of hydrogen-bond donors (Lipinski definition) is 2. The van der Waals surface area contributed by atoms with Crippen LogP contribution in [0.5, 0.6) is 0 Å². The van der Waals surface area contributed by atoms with Crippen molar-refractivity contribution in [3.8, 4) is 0 Å². The molecule has 2 N–H and O–H groups in total. The lowest BCUT2D eigenvalue weighted by Crippen LogP contribution is -2.38. The van der Waals surface area contributed by atoms with E-state index < -0.39 is 0 Å². The summed E-state index contributed by atoms with van der Waals surface area (Å²) in [5.41, 5.74) is 3.92. The van der Waals surface area contributed by atoms with Crippen molar-refractivity contribution in [1.29, 1.82) is 0 Å². The zero-order chi connectivity index (χ0) is 29.2. The maximum atomic E-state index is 13.4. The molecule has 214 valence electrons. The van der Waals surface area contributed by atoms with Gasteiger partial charge in [0.1, 0.15) is 11.6 Å². The molecule has 40 heavy (non-hydrogen) atoms. The molecule has 0 saturated carbocycles. The smallest absolute Gasteiger partial charge is 0.254 e. The number of aryl methyl sites for hydroxylation is 1. The van der Waals surface area contributed by atoms with Gasteiger partial charge in [0.15, 0.2) is 5.78 Å². The number of hydrogen-bond acceptors (Lipinski definition) is 7. The number of para-hydroxylation sites is 1. The van der Waals surface area contributed by atoms with Crippen molar-refractivity contribution in [3.63, 3.8) is 0 Å². The summed E-state index contributed by atoms with van der Waals surface area (Å²) in [6.07, 6.45) is 7.88. The molecule has 1 amide bonds.